The Morgan fingerprint density at radius 3 is 2.28 bits per heavy atom. The molecule has 4 aromatic rings. The van der Waals surface area contributed by atoms with E-state index in [1.165, 1.54) is 0 Å². The first kappa shape index (κ1) is 25.1. The number of aromatic hydroxyl groups is 1. The number of benzene rings is 3. The molecule has 0 saturated carbocycles. The Morgan fingerprint density at radius 1 is 1.00 bits per heavy atom. The average Bonchev–Trinajstić information content (AvgIpc) is 3.12. The maximum atomic E-state index is 13.0. The maximum Gasteiger partial charge on any atom is 0.230 e. The summed E-state index contributed by atoms with van der Waals surface area (Å²) in [6.07, 6.45) is 0.657. The van der Waals surface area contributed by atoms with E-state index in [-0.39, 0.29) is 18.2 Å². The molecule has 0 saturated heterocycles. The fourth-order valence-corrected chi connectivity index (χ4v) is 4.42. The molecule has 0 radical (unpaired) electrons. The molecule has 3 aromatic carbocycles. The summed E-state index contributed by atoms with van der Waals surface area (Å²) < 4.78 is 9.13. The molecule has 8 heteroatoms. The third-order valence-electron chi connectivity index (χ3n) is 6.01. The van der Waals surface area contributed by atoms with Crippen LogP contribution in [0.4, 0.5) is 11.4 Å². The highest BCUT2D eigenvalue weighted by atomic mass is 32.1. The predicted octanol–water partition coefficient (Wildman–Crippen LogP) is 5.21. The number of hydrogen-bond acceptors (Lipinski definition) is 5. The zero-order valence-electron chi connectivity index (χ0n) is 20.6. The number of aryl methyl sites for hydroxylation is 1. The topological polar surface area (TPSA) is 71.7 Å². The molecule has 7 nitrogen and oxygen atoms in total. The van der Waals surface area contributed by atoms with Gasteiger partial charge in [0.2, 0.25) is 11.8 Å². The zero-order chi connectivity index (χ0) is 25.7. The summed E-state index contributed by atoms with van der Waals surface area (Å²) in [5.74, 6) is 0.527. The van der Waals surface area contributed by atoms with E-state index in [1.54, 1.807) is 11.7 Å². The first-order chi connectivity index (χ1) is 17.4. The Labute approximate surface area is 216 Å². The summed E-state index contributed by atoms with van der Waals surface area (Å²) in [6.45, 7) is 0.513. The fraction of sp³-hybridized carbons (Fsp3) is 0.214. The van der Waals surface area contributed by atoms with Crippen molar-refractivity contribution < 1.29 is 14.6 Å². The van der Waals surface area contributed by atoms with Gasteiger partial charge in [-0.25, -0.2) is 0 Å². The highest BCUT2D eigenvalue weighted by Crippen LogP contribution is 2.27. The van der Waals surface area contributed by atoms with Gasteiger partial charge < -0.3 is 24.6 Å². The van der Waals surface area contributed by atoms with Crippen LogP contribution < -0.4 is 15.0 Å². The number of nitrogens with zero attached hydrogens (tertiary/aromatic N) is 3. The molecule has 4 rings (SSSR count). The summed E-state index contributed by atoms with van der Waals surface area (Å²) in [5.41, 5.74) is 4.04. The van der Waals surface area contributed by atoms with Crippen molar-refractivity contribution in [3.63, 3.8) is 0 Å². The first-order valence-corrected chi connectivity index (χ1v) is 12.1. The van der Waals surface area contributed by atoms with Gasteiger partial charge >= 0.3 is 0 Å². The van der Waals surface area contributed by atoms with E-state index in [0.29, 0.717) is 29.1 Å². The smallest absolute Gasteiger partial charge is 0.230 e. The number of imidazole rings is 1. The highest BCUT2D eigenvalue weighted by Gasteiger charge is 2.21. The fourth-order valence-electron chi connectivity index (χ4n) is 4.02. The van der Waals surface area contributed by atoms with Gasteiger partial charge in [-0.15, -0.1) is 0 Å². The second-order valence-corrected chi connectivity index (χ2v) is 9.00. The first-order valence-electron chi connectivity index (χ1n) is 11.7. The van der Waals surface area contributed by atoms with E-state index in [9.17, 15) is 9.90 Å². The van der Waals surface area contributed by atoms with E-state index in [2.05, 4.69) is 5.32 Å². The summed E-state index contributed by atoms with van der Waals surface area (Å²) in [7, 11) is 5.56. The molecule has 0 unspecified atom stereocenters. The van der Waals surface area contributed by atoms with E-state index >= 15 is 0 Å². The molecule has 0 aliphatic carbocycles. The third-order valence-corrected chi connectivity index (χ3v) is 6.41. The number of anilines is 2. The van der Waals surface area contributed by atoms with Crippen LogP contribution in [0.25, 0.3) is 5.69 Å². The predicted molar refractivity (Wildman–Crippen MR) is 146 cm³/mol. The Hall–Kier alpha value is -4.04. The maximum absolute atomic E-state index is 13.0. The van der Waals surface area contributed by atoms with Crippen LogP contribution in [0.3, 0.4) is 0 Å². The molecule has 1 heterocycles. The zero-order valence-corrected chi connectivity index (χ0v) is 21.5. The number of rotatable bonds is 9. The number of ether oxygens (including phenoxy) is 1. The molecule has 186 valence electrons. The van der Waals surface area contributed by atoms with E-state index in [4.69, 9.17) is 17.0 Å². The van der Waals surface area contributed by atoms with Crippen LogP contribution in [0.5, 0.6) is 11.6 Å². The minimum Gasteiger partial charge on any atom is -0.497 e. The van der Waals surface area contributed by atoms with E-state index < -0.39 is 0 Å². The van der Waals surface area contributed by atoms with Gasteiger partial charge in [-0.2, -0.15) is 0 Å². The normalized spacial score (nSPS) is 10.8. The summed E-state index contributed by atoms with van der Waals surface area (Å²) in [5, 5.41) is 14.1. The molecule has 1 aromatic heterocycles. The molecule has 0 aliphatic rings. The minimum atomic E-state index is -0.235. The Balaban J connectivity index is 1.61. The van der Waals surface area contributed by atoms with Crippen molar-refractivity contribution in [2.75, 3.05) is 31.4 Å². The lowest BCUT2D eigenvalue weighted by atomic mass is 10.1. The summed E-state index contributed by atoms with van der Waals surface area (Å²) in [6, 6.07) is 24.8. The van der Waals surface area contributed by atoms with Gasteiger partial charge in [-0.1, -0.05) is 30.3 Å². The monoisotopic (exact) mass is 502 g/mol. The van der Waals surface area contributed by atoms with Crippen molar-refractivity contribution in [3.05, 3.63) is 94.9 Å². The van der Waals surface area contributed by atoms with Gasteiger partial charge in [-0.05, 0) is 72.7 Å². The molecular weight excluding hydrogens is 472 g/mol. The van der Waals surface area contributed by atoms with Crippen molar-refractivity contribution >= 4 is 29.5 Å². The van der Waals surface area contributed by atoms with Crippen molar-refractivity contribution in [1.82, 2.24) is 9.13 Å². The molecule has 0 fully saturated rings. The number of nitrogens with one attached hydrogen (secondary N) is 1. The number of hydrogen-bond donors (Lipinski definition) is 2. The summed E-state index contributed by atoms with van der Waals surface area (Å²) >= 11 is 5.77. The lowest BCUT2D eigenvalue weighted by molar-refractivity contribution is -0.115. The number of carbonyl (C=O) groups excluding carboxylic acids is 1. The molecule has 36 heavy (non-hydrogen) atoms. The summed E-state index contributed by atoms with van der Waals surface area (Å²) in [4.78, 5) is 15.0. The van der Waals surface area contributed by atoms with Gasteiger partial charge in [-0.3, -0.25) is 9.36 Å². The van der Waals surface area contributed by atoms with Crippen LogP contribution >= 0.6 is 12.2 Å². The quantitative estimate of drug-likeness (QED) is 0.307. The number of aromatic nitrogens is 2. The van der Waals surface area contributed by atoms with Crippen LogP contribution in [0.2, 0.25) is 0 Å². The third kappa shape index (κ3) is 5.60. The number of methoxy groups -OCH3 is 1. The number of carbonyl (C=O) groups is 1. The van der Waals surface area contributed by atoms with Crippen molar-refractivity contribution in [1.29, 1.82) is 0 Å². The van der Waals surface area contributed by atoms with Crippen molar-refractivity contribution in [2.24, 2.45) is 0 Å². The van der Waals surface area contributed by atoms with E-state index in [0.717, 1.165) is 22.7 Å². The van der Waals surface area contributed by atoms with E-state index in [1.807, 2.05) is 102 Å². The Bertz CT molecular complexity index is 1380. The molecule has 0 spiro atoms. The number of amides is 1. The second kappa shape index (κ2) is 11.1. The number of para-hydroxylation sites is 1. The largest absolute Gasteiger partial charge is 0.497 e. The van der Waals surface area contributed by atoms with Crippen LogP contribution in [0.1, 0.15) is 11.3 Å². The van der Waals surface area contributed by atoms with Gasteiger partial charge in [0.15, 0.2) is 4.77 Å². The highest BCUT2D eigenvalue weighted by molar-refractivity contribution is 7.71. The lowest BCUT2D eigenvalue weighted by Crippen LogP contribution is -2.17. The van der Waals surface area contributed by atoms with Crippen LogP contribution in [0.15, 0.2) is 78.9 Å². The molecular formula is C28H30N4O3S. The standard InChI is InChI=1S/C28H30N4O3S/c1-30(2)22-13-11-21(12-14-22)29-26(33)19-25-27(34)32(23-7-5-4-6-8-23)28(36)31(25)18-17-20-9-15-24(35-3)16-10-20/h4-16,34H,17-19H2,1-3H3,(H,29,33). The van der Waals surface area contributed by atoms with Crippen LogP contribution in [0, 0.1) is 4.77 Å². The molecule has 1 amide bonds. The Morgan fingerprint density at radius 2 is 1.67 bits per heavy atom. The molecule has 2 N–H and O–H groups in total. The molecule has 0 aliphatic heterocycles. The minimum absolute atomic E-state index is 0.0205. The van der Waals surface area contributed by atoms with Crippen molar-refractivity contribution in [3.8, 4) is 17.3 Å². The van der Waals surface area contributed by atoms with Gasteiger partial charge in [0.25, 0.3) is 0 Å². The van der Waals surface area contributed by atoms with Gasteiger partial charge in [0.05, 0.1) is 24.9 Å². The van der Waals surface area contributed by atoms with Crippen LogP contribution in [-0.4, -0.2) is 41.4 Å². The van der Waals surface area contributed by atoms with Gasteiger partial charge in [0, 0.05) is 32.0 Å². The second-order valence-electron chi connectivity index (χ2n) is 8.64. The molecule has 0 bridgehead atoms. The van der Waals surface area contributed by atoms with Gasteiger partial charge in [0.1, 0.15) is 5.75 Å². The SMILES string of the molecule is COc1ccc(CCn2c(CC(=O)Nc3ccc(N(C)C)cc3)c(O)n(-c3ccccc3)c2=S)cc1. The lowest BCUT2D eigenvalue weighted by Gasteiger charge is -2.13. The average molecular weight is 503 g/mol. The van der Waals surface area contributed by atoms with Crippen molar-refractivity contribution in [2.45, 2.75) is 19.4 Å². The Kier molecular flexibility index (Phi) is 7.75. The van der Waals surface area contributed by atoms with Crippen LogP contribution in [-0.2, 0) is 24.2 Å². The molecule has 0 atom stereocenters.